The molecule has 0 radical (unpaired) electrons. The lowest BCUT2D eigenvalue weighted by molar-refractivity contribution is 0.482. The molecule has 122 valence electrons. The summed E-state index contributed by atoms with van der Waals surface area (Å²) in [5, 5.41) is 5.68. The number of rotatable bonds is 3. The summed E-state index contributed by atoms with van der Waals surface area (Å²) in [7, 11) is 0. The highest BCUT2D eigenvalue weighted by atomic mass is 16.5. The molecule has 0 unspecified atom stereocenters. The van der Waals surface area contributed by atoms with E-state index in [1.54, 1.807) is 0 Å². The van der Waals surface area contributed by atoms with Crippen LogP contribution in [0.2, 0.25) is 0 Å². The number of anilines is 4. The summed E-state index contributed by atoms with van der Waals surface area (Å²) in [6.07, 6.45) is 0. The van der Waals surface area contributed by atoms with Gasteiger partial charge in [-0.3, -0.25) is 0 Å². The van der Waals surface area contributed by atoms with Gasteiger partial charge in [0.2, 0.25) is 0 Å². The number of ether oxygens (including phenoxy) is 1. The predicted molar refractivity (Wildman–Crippen MR) is 102 cm³/mol. The van der Waals surface area contributed by atoms with Gasteiger partial charge in [0.25, 0.3) is 0 Å². The molecule has 24 heavy (non-hydrogen) atoms. The fourth-order valence-electron chi connectivity index (χ4n) is 3.42. The molecule has 0 amide bonds. The van der Waals surface area contributed by atoms with Crippen LogP contribution in [0, 0.1) is 0 Å². The van der Waals surface area contributed by atoms with Crippen molar-refractivity contribution in [3.05, 3.63) is 48.5 Å². The first-order chi connectivity index (χ1) is 11.7. The number of benzene rings is 3. The maximum Gasteiger partial charge on any atom is 0.153 e. The molecule has 3 aromatic carbocycles. The summed E-state index contributed by atoms with van der Waals surface area (Å²) in [5.41, 5.74) is 10.3. The minimum Gasteiger partial charge on any atom is -0.453 e. The van der Waals surface area contributed by atoms with Crippen molar-refractivity contribution in [2.75, 3.05) is 29.0 Å². The van der Waals surface area contributed by atoms with E-state index in [4.69, 9.17) is 10.5 Å². The quantitative estimate of drug-likeness (QED) is 0.515. The van der Waals surface area contributed by atoms with Crippen LogP contribution in [0.5, 0.6) is 11.5 Å². The van der Waals surface area contributed by atoms with E-state index in [9.17, 15) is 0 Å². The lowest BCUT2D eigenvalue weighted by atomic mass is 10.0. The molecular formula is C20H21N3O. The Kier molecular flexibility index (Phi) is 3.45. The van der Waals surface area contributed by atoms with Gasteiger partial charge in [0.1, 0.15) is 0 Å². The van der Waals surface area contributed by atoms with E-state index < -0.39 is 0 Å². The Hall–Kier alpha value is -2.88. The highest BCUT2D eigenvalue weighted by Crippen LogP contribution is 2.48. The summed E-state index contributed by atoms with van der Waals surface area (Å²) in [6, 6.07) is 16.2. The lowest BCUT2D eigenvalue weighted by Gasteiger charge is -2.27. The second-order valence-electron chi connectivity index (χ2n) is 5.93. The fourth-order valence-corrected chi connectivity index (χ4v) is 3.42. The van der Waals surface area contributed by atoms with Crippen molar-refractivity contribution in [2.24, 2.45) is 0 Å². The molecule has 0 fully saturated rings. The lowest BCUT2D eigenvalue weighted by Crippen LogP contribution is -2.22. The maximum atomic E-state index is 6.41. The Balaban J connectivity index is 1.96. The molecule has 1 aliphatic heterocycles. The molecule has 4 rings (SSSR count). The van der Waals surface area contributed by atoms with Crippen molar-refractivity contribution < 1.29 is 4.74 Å². The third-order valence-electron chi connectivity index (χ3n) is 4.60. The highest BCUT2D eigenvalue weighted by molar-refractivity contribution is 6.11. The first kappa shape index (κ1) is 14.7. The molecule has 0 aliphatic carbocycles. The van der Waals surface area contributed by atoms with Crippen LogP contribution in [-0.4, -0.2) is 13.1 Å². The summed E-state index contributed by atoms with van der Waals surface area (Å²) < 4.78 is 6.06. The van der Waals surface area contributed by atoms with Crippen LogP contribution in [0.3, 0.4) is 0 Å². The van der Waals surface area contributed by atoms with Crippen LogP contribution in [0.4, 0.5) is 22.7 Å². The number of hydrogen-bond acceptors (Lipinski definition) is 4. The molecule has 3 aromatic rings. The van der Waals surface area contributed by atoms with Crippen molar-refractivity contribution in [3.8, 4) is 11.5 Å². The van der Waals surface area contributed by atoms with Crippen molar-refractivity contribution in [2.45, 2.75) is 13.8 Å². The molecule has 0 saturated carbocycles. The zero-order valence-electron chi connectivity index (χ0n) is 14.0. The van der Waals surface area contributed by atoms with Crippen LogP contribution in [0.15, 0.2) is 48.5 Å². The monoisotopic (exact) mass is 319 g/mol. The van der Waals surface area contributed by atoms with Crippen molar-refractivity contribution in [3.63, 3.8) is 0 Å². The average molecular weight is 319 g/mol. The van der Waals surface area contributed by atoms with Gasteiger partial charge in [0.05, 0.1) is 11.4 Å². The summed E-state index contributed by atoms with van der Waals surface area (Å²) >= 11 is 0. The second kappa shape index (κ2) is 5.64. The Morgan fingerprint density at radius 2 is 1.79 bits per heavy atom. The smallest absolute Gasteiger partial charge is 0.153 e. The fraction of sp³-hybridized carbons (Fsp3) is 0.200. The van der Waals surface area contributed by atoms with Crippen LogP contribution in [-0.2, 0) is 0 Å². The van der Waals surface area contributed by atoms with Gasteiger partial charge in [-0.05, 0) is 32.0 Å². The van der Waals surface area contributed by atoms with E-state index in [2.05, 4.69) is 42.3 Å². The maximum absolute atomic E-state index is 6.41. The molecule has 0 spiro atoms. The van der Waals surface area contributed by atoms with Gasteiger partial charge >= 0.3 is 0 Å². The van der Waals surface area contributed by atoms with E-state index >= 15 is 0 Å². The average Bonchev–Trinajstić information content (AvgIpc) is 2.61. The molecule has 1 aliphatic rings. The molecular weight excluding hydrogens is 298 g/mol. The van der Waals surface area contributed by atoms with Gasteiger partial charge in [-0.25, -0.2) is 0 Å². The Labute approximate surface area is 141 Å². The summed E-state index contributed by atoms with van der Waals surface area (Å²) in [4.78, 5) is 2.32. The summed E-state index contributed by atoms with van der Waals surface area (Å²) in [5.74, 6) is 1.60. The molecule has 0 aromatic heterocycles. The number of nitrogens with one attached hydrogen (secondary N) is 1. The predicted octanol–water partition coefficient (Wildman–Crippen LogP) is 5.12. The first-order valence-corrected chi connectivity index (χ1v) is 8.37. The van der Waals surface area contributed by atoms with Crippen LogP contribution in [0.1, 0.15) is 13.8 Å². The SMILES string of the molecule is CCN(CC)c1cccc2c3c(cc(N)c12)Oc1ccccc1N3. The molecule has 0 atom stereocenters. The minimum absolute atomic E-state index is 0.743. The molecule has 1 heterocycles. The van der Waals surface area contributed by atoms with Gasteiger partial charge in [-0.1, -0.05) is 24.3 Å². The van der Waals surface area contributed by atoms with Gasteiger partial charge in [-0.2, -0.15) is 0 Å². The van der Waals surface area contributed by atoms with E-state index in [0.717, 1.165) is 52.4 Å². The van der Waals surface area contributed by atoms with Crippen LogP contribution >= 0.6 is 0 Å². The normalized spacial score (nSPS) is 12.1. The molecule has 4 heteroatoms. The van der Waals surface area contributed by atoms with Crippen LogP contribution < -0.4 is 20.7 Å². The Bertz CT molecular complexity index is 916. The van der Waals surface area contributed by atoms with E-state index in [1.807, 2.05) is 30.3 Å². The second-order valence-corrected chi connectivity index (χ2v) is 5.93. The Morgan fingerprint density at radius 3 is 2.58 bits per heavy atom. The number of hydrogen-bond donors (Lipinski definition) is 2. The third kappa shape index (κ3) is 2.14. The molecule has 3 N–H and O–H groups in total. The van der Waals surface area contributed by atoms with E-state index in [0.29, 0.717) is 0 Å². The zero-order valence-corrected chi connectivity index (χ0v) is 14.0. The number of nitrogens with two attached hydrogens (primary N) is 1. The largest absolute Gasteiger partial charge is 0.453 e. The van der Waals surface area contributed by atoms with Crippen molar-refractivity contribution in [1.82, 2.24) is 0 Å². The standard InChI is InChI=1S/C20H21N3O/c1-3-23(4-2)16-10-7-8-13-19(16)14(21)12-18-20(13)22-15-9-5-6-11-17(15)24-18/h5-12,22H,3-4,21H2,1-2H3. The number of para-hydroxylation sites is 2. The molecule has 4 nitrogen and oxygen atoms in total. The van der Waals surface area contributed by atoms with Gasteiger partial charge in [0, 0.05) is 41.3 Å². The molecule has 0 saturated heterocycles. The van der Waals surface area contributed by atoms with Crippen molar-refractivity contribution >= 4 is 33.5 Å². The third-order valence-corrected chi connectivity index (χ3v) is 4.60. The summed E-state index contributed by atoms with van der Waals surface area (Å²) in [6.45, 7) is 6.21. The molecule has 0 bridgehead atoms. The first-order valence-electron chi connectivity index (χ1n) is 8.37. The van der Waals surface area contributed by atoms with Gasteiger partial charge in [0.15, 0.2) is 11.5 Å². The van der Waals surface area contributed by atoms with Gasteiger partial charge < -0.3 is 20.7 Å². The number of nitrogen functional groups attached to an aromatic ring is 1. The van der Waals surface area contributed by atoms with E-state index in [-0.39, 0.29) is 0 Å². The number of nitrogens with zero attached hydrogens (tertiary/aromatic N) is 1. The number of fused-ring (bicyclic) bond motifs is 4. The van der Waals surface area contributed by atoms with E-state index in [1.165, 1.54) is 5.69 Å². The Morgan fingerprint density at radius 1 is 1.00 bits per heavy atom. The highest BCUT2D eigenvalue weighted by Gasteiger charge is 2.21. The minimum atomic E-state index is 0.743. The van der Waals surface area contributed by atoms with Crippen molar-refractivity contribution in [1.29, 1.82) is 0 Å². The van der Waals surface area contributed by atoms with Gasteiger partial charge in [-0.15, -0.1) is 0 Å². The topological polar surface area (TPSA) is 50.5 Å². The van der Waals surface area contributed by atoms with Crippen LogP contribution in [0.25, 0.3) is 10.8 Å². The zero-order chi connectivity index (χ0) is 16.7.